The molecule has 0 saturated heterocycles. The second-order valence-electron chi connectivity index (χ2n) is 3.86. The molecule has 0 heterocycles. The van der Waals surface area contributed by atoms with E-state index < -0.39 is 0 Å². The van der Waals surface area contributed by atoms with Crippen LogP contribution in [0.15, 0.2) is 29.2 Å². The zero-order valence-corrected chi connectivity index (χ0v) is 11.6. The average Bonchev–Trinajstić information content (AvgIpc) is 2.37. The summed E-state index contributed by atoms with van der Waals surface area (Å²) in [5.41, 5.74) is 0.473. The number of esters is 1. The maximum atomic E-state index is 11.8. The molecule has 1 aromatic carbocycles. The largest absolute Gasteiger partial charge is 0.462 e. The van der Waals surface area contributed by atoms with Crippen molar-refractivity contribution in [2.45, 2.75) is 38.0 Å². The normalized spacial score (nSPS) is 10.1. The minimum atomic E-state index is -0.357. The van der Waals surface area contributed by atoms with Crippen molar-refractivity contribution in [2.75, 3.05) is 6.61 Å². The lowest BCUT2D eigenvalue weighted by Gasteiger charge is -2.07. The number of benzene rings is 1. The van der Waals surface area contributed by atoms with E-state index in [1.54, 1.807) is 18.2 Å². The van der Waals surface area contributed by atoms with Crippen molar-refractivity contribution in [3.8, 4) is 0 Å². The molecule has 1 aromatic rings. The molecule has 0 atom stereocenters. The number of carbonyl (C=O) groups is 2. The fraction of sp³-hybridized carbons (Fsp3) is 0.429. The summed E-state index contributed by atoms with van der Waals surface area (Å²) >= 11 is 1.12. The van der Waals surface area contributed by atoms with Crippen LogP contribution in [0.2, 0.25) is 0 Å². The molecule has 0 aliphatic carbocycles. The molecular formula is C14H18O3S. The quantitative estimate of drug-likeness (QED) is 0.582. The summed E-state index contributed by atoms with van der Waals surface area (Å²) in [5, 5.41) is 0.0771. The Morgan fingerprint density at radius 3 is 2.56 bits per heavy atom. The van der Waals surface area contributed by atoms with Gasteiger partial charge in [-0.2, -0.15) is 0 Å². The van der Waals surface area contributed by atoms with E-state index >= 15 is 0 Å². The Kier molecular flexibility index (Phi) is 6.50. The number of thioether (sulfide) groups is 1. The van der Waals surface area contributed by atoms with E-state index in [2.05, 4.69) is 0 Å². The molecule has 0 fully saturated rings. The van der Waals surface area contributed by atoms with Gasteiger partial charge in [-0.15, -0.1) is 0 Å². The van der Waals surface area contributed by atoms with Gasteiger partial charge in [-0.05, 0) is 25.0 Å². The van der Waals surface area contributed by atoms with Gasteiger partial charge in [0.1, 0.15) is 0 Å². The van der Waals surface area contributed by atoms with Crippen molar-refractivity contribution in [1.82, 2.24) is 0 Å². The second-order valence-corrected chi connectivity index (χ2v) is 4.96. The summed E-state index contributed by atoms with van der Waals surface area (Å²) in [7, 11) is 0. The number of hydrogen-bond donors (Lipinski definition) is 0. The van der Waals surface area contributed by atoms with E-state index in [1.165, 1.54) is 0 Å². The van der Waals surface area contributed by atoms with Gasteiger partial charge in [-0.3, -0.25) is 4.79 Å². The Bertz CT molecular complexity index is 415. The van der Waals surface area contributed by atoms with Crippen LogP contribution in [0.4, 0.5) is 0 Å². The first-order chi connectivity index (χ1) is 8.69. The van der Waals surface area contributed by atoms with Crippen LogP contribution in [0.1, 0.15) is 43.5 Å². The lowest BCUT2D eigenvalue weighted by Crippen LogP contribution is -2.07. The fourth-order valence-corrected chi connectivity index (χ4v) is 2.33. The standard InChI is InChI=1S/C14H18O3S/c1-3-7-13(15)18-12-9-6-5-8-11(12)14(16)17-10-4-2/h5-6,8-9H,3-4,7,10H2,1-2H3. The van der Waals surface area contributed by atoms with Gasteiger partial charge in [0.05, 0.1) is 12.2 Å². The first kappa shape index (κ1) is 14.8. The first-order valence-electron chi connectivity index (χ1n) is 6.15. The van der Waals surface area contributed by atoms with Crippen LogP contribution in [0, 0.1) is 0 Å². The lowest BCUT2D eigenvalue weighted by molar-refractivity contribution is -0.111. The van der Waals surface area contributed by atoms with Crippen LogP contribution < -0.4 is 0 Å². The molecule has 1 rings (SSSR count). The van der Waals surface area contributed by atoms with Crippen LogP contribution in [0.5, 0.6) is 0 Å². The van der Waals surface area contributed by atoms with E-state index in [0.29, 0.717) is 23.5 Å². The van der Waals surface area contributed by atoms with Crippen molar-refractivity contribution in [3.05, 3.63) is 29.8 Å². The molecule has 0 saturated carbocycles. The Labute approximate surface area is 112 Å². The van der Waals surface area contributed by atoms with Crippen LogP contribution in [-0.2, 0) is 9.53 Å². The second kappa shape index (κ2) is 7.93. The molecule has 4 heteroatoms. The summed E-state index contributed by atoms with van der Waals surface area (Å²) in [5.74, 6) is -0.357. The Hall–Kier alpha value is -1.29. The van der Waals surface area contributed by atoms with Crippen molar-refractivity contribution < 1.29 is 14.3 Å². The molecule has 3 nitrogen and oxygen atoms in total. The van der Waals surface area contributed by atoms with E-state index in [9.17, 15) is 9.59 Å². The molecule has 0 spiro atoms. The molecule has 0 amide bonds. The minimum absolute atomic E-state index is 0.0771. The van der Waals surface area contributed by atoms with Gasteiger partial charge in [-0.1, -0.05) is 37.7 Å². The molecule has 0 radical (unpaired) electrons. The van der Waals surface area contributed by atoms with Crippen LogP contribution in [0.25, 0.3) is 0 Å². The molecule has 0 unspecified atom stereocenters. The van der Waals surface area contributed by atoms with E-state index in [0.717, 1.165) is 24.6 Å². The predicted molar refractivity (Wildman–Crippen MR) is 72.8 cm³/mol. The summed E-state index contributed by atoms with van der Waals surface area (Å²) in [6, 6.07) is 7.06. The fourth-order valence-electron chi connectivity index (χ4n) is 1.37. The number of rotatable bonds is 6. The van der Waals surface area contributed by atoms with Crippen LogP contribution in [-0.4, -0.2) is 17.7 Å². The van der Waals surface area contributed by atoms with Crippen molar-refractivity contribution >= 4 is 22.8 Å². The highest BCUT2D eigenvalue weighted by Gasteiger charge is 2.14. The molecular weight excluding hydrogens is 248 g/mol. The number of hydrogen-bond acceptors (Lipinski definition) is 4. The van der Waals surface area contributed by atoms with Gasteiger partial charge in [0.25, 0.3) is 0 Å². The van der Waals surface area contributed by atoms with Crippen molar-refractivity contribution in [3.63, 3.8) is 0 Å². The van der Waals surface area contributed by atoms with Crippen LogP contribution >= 0.6 is 11.8 Å². The SMILES string of the molecule is CCCOC(=O)c1ccccc1SC(=O)CCC. The molecule has 0 bridgehead atoms. The molecule has 0 N–H and O–H groups in total. The molecule has 0 aliphatic heterocycles. The van der Waals surface area contributed by atoms with Gasteiger partial charge in [0.15, 0.2) is 5.12 Å². The monoisotopic (exact) mass is 266 g/mol. The Balaban J connectivity index is 2.79. The summed E-state index contributed by atoms with van der Waals surface area (Å²) in [4.78, 5) is 24.1. The minimum Gasteiger partial charge on any atom is -0.462 e. The number of carbonyl (C=O) groups excluding carboxylic acids is 2. The third-order valence-corrected chi connectivity index (χ3v) is 3.23. The first-order valence-corrected chi connectivity index (χ1v) is 6.97. The van der Waals surface area contributed by atoms with E-state index in [-0.39, 0.29) is 11.1 Å². The highest BCUT2D eigenvalue weighted by atomic mass is 32.2. The summed E-state index contributed by atoms with van der Waals surface area (Å²) < 4.78 is 5.10. The molecule has 98 valence electrons. The maximum Gasteiger partial charge on any atom is 0.339 e. The highest BCUT2D eigenvalue weighted by Crippen LogP contribution is 2.25. The lowest BCUT2D eigenvalue weighted by atomic mass is 10.2. The maximum absolute atomic E-state index is 11.8. The van der Waals surface area contributed by atoms with Crippen molar-refractivity contribution in [2.24, 2.45) is 0 Å². The average molecular weight is 266 g/mol. The van der Waals surface area contributed by atoms with Gasteiger partial charge in [0, 0.05) is 11.3 Å². The van der Waals surface area contributed by atoms with Gasteiger partial charge in [-0.25, -0.2) is 4.79 Å². The zero-order valence-electron chi connectivity index (χ0n) is 10.8. The Morgan fingerprint density at radius 2 is 1.89 bits per heavy atom. The summed E-state index contributed by atoms with van der Waals surface area (Å²) in [6.07, 6.45) is 2.12. The third kappa shape index (κ3) is 4.53. The van der Waals surface area contributed by atoms with Gasteiger partial charge < -0.3 is 4.74 Å². The van der Waals surface area contributed by atoms with Crippen LogP contribution in [0.3, 0.4) is 0 Å². The zero-order chi connectivity index (χ0) is 13.4. The predicted octanol–water partition coefficient (Wildman–Crippen LogP) is 3.67. The van der Waals surface area contributed by atoms with Gasteiger partial charge in [0.2, 0.25) is 0 Å². The molecule has 0 aromatic heterocycles. The smallest absolute Gasteiger partial charge is 0.339 e. The van der Waals surface area contributed by atoms with Crippen molar-refractivity contribution in [1.29, 1.82) is 0 Å². The number of ether oxygens (including phenoxy) is 1. The third-order valence-electron chi connectivity index (χ3n) is 2.22. The molecule has 0 aliphatic rings. The molecule has 18 heavy (non-hydrogen) atoms. The highest BCUT2D eigenvalue weighted by molar-refractivity contribution is 8.13. The van der Waals surface area contributed by atoms with E-state index in [1.807, 2.05) is 19.9 Å². The topological polar surface area (TPSA) is 43.4 Å². The van der Waals surface area contributed by atoms with Gasteiger partial charge >= 0.3 is 5.97 Å². The van der Waals surface area contributed by atoms with E-state index in [4.69, 9.17) is 4.74 Å². The Morgan fingerprint density at radius 1 is 1.17 bits per heavy atom. The summed E-state index contributed by atoms with van der Waals surface area (Å²) in [6.45, 7) is 4.30.